The van der Waals surface area contributed by atoms with Crippen LogP contribution in [-0.4, -0.2) is 30.4 Å². The van der Waals surface area contributed by atoms with Crippen molar-refractivity contribution in [1.82, 2.24) is 10.2 Å². The van der Waals surface area contributed by atoms with E-state index in [4.69, 9.17) is 0 Å². The summed E-state index contributed by atoms with van der Waals surface area (Å²) in [5.41, 5.74) is 0. The van der Waals surface area contributed by atoms with E-state index in [0.717, 1.165) is 32.5 Å². The number of carbonyl (C=O) groups excluding carboxylic acids is 1. The number of thiophene rings is 1. The zero-order chi connectivity index (χ0) is 11.2. The molecule has 88 valence electrons. The Labute approximate surface area is 100 Å². The Morgan fingerprint density at radius 3 is 2.88 bits per heavy atom. The van der Waals surface area contributed by atoms with Crippen molar-refractivity contribution >= 4 is 17.2 Å². The topological polar surface area (TPSA) is 32.3 Å². The first kappa shape index (κ1) is 11.6. The monoisotopic (exact) mass is 238 g/mol. The Morgan fingerprint density at radius 2 is 2.19 bits per heavy atom. The Balaban J connectivity index is 1.67. The van der Waals surface area contributed by atoms with Crippen molar-refractivity contribution in [3.8, 4) is 0 Å². The number of hydrogen-bond donors (Lipinski definition) is 1. The van der Waals surface area contributed by atoms with Gasteiger partial charge in [-0.05, 0) is 30.7 Å². The Hall–Kier alpha value is -0.870. The highest BCUT2D eigenvalue weighted by molar-refractivity contribution is 7.09. The normalized spacial score (nSPS) is 16.4. The van der Waals surface area contributed by atoms with Gasteiger partial charge in [-0.3, -0.25) is 4.79 Å². The number of carbonyl (C=O) groups is 1. The molecule has 0 aliphatic carbocycles. The van der Waals surface area contributed by atoms with Gasteiger partial charge >= 0.3 is 0 Å². The lowest BCUT2D eigenvalue weighted by atomic mass is 10.1. The highest BCUT2D eigenvalue weighted by Gasteiger charge is 2.15. The molecule has 1 aromatic heterocycles. The number of nitrogens with zero attached hydrogens (tertiary/aromatic N) is 1. The molecule has 4 heteroatoms. The third kappa shape index (κ3) is 3.32. The van der Waals surface area contributed by atoms with E-state index in [1.165, 1.54) is 11.3 Å². The molecule has 3 nitrogen and oxygen atoms in total. The zero-order valence-corrected chi connectivity index (χ0v) is 10.3. The Morgan fingerprint density at radius 1 is 1.38 bits per heavy atom. The average Bonchev–Trinajstić information content (AvgIpc) is 2.83. The fourth-order valence-electron chi connectivity index (χ4n) is 1.96. The average molecular weight is 238 g/mol. The van der Waals surface area contributed by atoms with Gasteiger partial charge in [0.1, 0.15) is 0 Å². The van der Waals surface area contributed by atoms with Gasteiger partial charge in [0.15, 0.2) is 0 Å². The summed E-state index contributed by atoms with van der Waals surface area (Å²) in [6.07, 6.45) is 3.60. The molecule has 1 N–H and O–H groups in total. The largest absolute Gasteiger partial charge is 0.342 e. The van der Waals surface area contributed by atoms with Crippen LogP contribution in [0.15, 0.2) is 17.5 Å². The van der Waals surface area contributed by atoms with Gasteiger partial charge in [-0.2, -0.15) is 0 Å². The lowest BCUT2D eigenvalue weighted by molar-refractivity contribution is -0.131. The van der Waals surface area contributed by atoms with Gasteiger partial charge in [0, 0.05) is 24.5 Å². The number of amides is 1. The summed E-state index contributed by atoms with van der Waals surface area (Å²) >= 11 is 1.72. The van der Waals surface area contributed by atoms with E-state index in [9.17, 15) is 4.79 Å². The maximum absolute atomic E-state index is 11.8. The molecule has 0 atom stereocenters. The van der Waals surface area contributed by atoms with Crippen LogP contribution in [0.5, 0.6) is 0 Å². The molecule has 1 aliphatic heterocycles. The van der Waals surface area contributed by atoms with E-state index in [2.05, 4.69) is 16.8 Å². The van der Waals surface area contributed by atoms with Gasteiger partial charge in [0.2, 0.25) is 5.91 Å². The van der Waals surface area contributed by atoms with Crippen LogP contribution in [0, 0.1) is 0 Å². The molecular formula is C12H18N2OS. The molecule has 0 unspecified atom stereocenters. The lowest BCUT2D eigenvalue weighted by Crippen LogP contribution is -2.40. The van der Waals surface area contributed by atoms with Crippen LogP contribution < -0.4 is 5.32 Å². The molecule has 0 aromatic carbocycles. The van der Waals surface area contributed by atoms with Gasteiger partial charge in [-0.1, -0.05) is 6.07 Å². The molecule has 1 aromatic rings. The standard InChI is InChI=1S/C12H18N2OS/c15-12(14-6-2-1-3-7-14)10-13-9-11-5-4-8-16-11/h4-5,8,13H,1-3,6-7,9-10H2. The highest BCUT2D eigenvalue weighted by atomic mass is 32.1. The SMILES string of the molecule is O=C(CNCc1cccs1)N1CCCCC1. The maximum Gasteiger partial charge on any atom is 0.236 e. The van der Waals surface area contributed by atoms with Crippen LogP contribution in [-0.2, 0) is 11.3 Å². The number of nitrogens with one attached hydrogen (secondary N) is 1. The molecule has 1 saturated heterocycles. The molecular weight excluding hydrogens is 220 g/mol. The van der Waals surface area contributed by atoms with Crippen molar-refractivity contribution in [2.75, 3.05) is 19.6 Å². The van der Waals surface area contributed by atoms with Crippen LogP contribution in [0.2, 0.25) is 0 Å². The lowest BCUT2D eigenvalue weighted by Gasteiger charge is -2.26. The van der Waals surface area contributed by atoms with Gasteiger partial charge < -0.3 is 10.2 Å². The molecule has 1 fully saturated rings. The summed E-state index contributed by atoms with van der Waals surface area (Å²) in [5, 5.41) is 5.26. The Kier molecular flexibility index (Phi) is 4.36. The second kappa shape index (κ2) is 6.01. The van der Waals surface area contributed by atoms with Gasteiger partial charge in [-0.15, -0.1) is 11.3 Å². The van der Waals surface area contributed by atoms with Crippen molar-refractivity contribution in [3.05, 3.63) is 22.4 Å². The summed E-state index contributed by atoms with van der Waals surface area (Å²) in [7, 11) is 0. The summed E-state index contributed by atoms with van der Waals surface area (Å²) in [4.78, 5) is 15.1. The van der Waals surface area contributed by atoms with Crippen molar-refractivity contribution in [2.24, 2.45) is 0 Å². The molecule has 0 spiro atoms. The molecule has 16 heavy (non-hydrogen) atoms. The van der Waals surface area contributed by atoms with Gasteiger partial charge in [0.25, 0.3) is 0 Å². The minimum atomic E-state index is 0.247. The van der Waals surface area contributed by atoms with Crippen molar-refractivity contribution < 1.29 is 4.79 Å². The predicted molar refractivity (Wildman–Crippen MR) is 66.5 cm³/mol. The third-order valence-corrected chi connectivity index (χ3v) is 3.74. The van der Waals surface area contributed by atoms with Crippen molar-refractivity contribution in [3.63, 3.8) is 0 Å². The molecule has 1 amide bonds. The van der Waals surface area contributed by atoms with Crippen molar-refractivity contribution in [2.45, 2.75) is 25.8 Å². The summed E-state index contributed by atoms with van der Waals surface area (Å²) in [6, 6.07) is 4.12. The first-order valence-corrected chi connectivity index (χ1v) is 6.75. The summed E-state index contributed by atoms with van der Waals surface area (Å²) < 4.78 is 0. The fourth-order valence-corrected chi connectivity index (χ4v) is 2.64. The number of likely N-dealkylation sites (tertiary alicyclic amines) is 1. The molecule has 1 aliphatic rings. The molecule has 2 heterocycles. The quantitative estimate of drug-likeness (QED) is 0.868. The second-order valence-corrected chi connectivity index (χ2v) is 5.16. The van der Waals surface area contributed by atoms with Crippen LogP contribution in [0.1, 0.15) is 24.1 Å². The highest BCUT2D eigenvalue weighted by Crippen LogP contribution is 2.09. The predicted octanol–water partition coefficient (Wildman–Crippen LogP) is 1.85. The van der Waals surface area contributed by atoms with Gasteiger partial charge in [-0.25, -0.2) is 0 Å². The molecule has 0 saturated carbocycles. The minimum absolute atomic E-state index is 0.247. The summed E-state index contributed by atoms with van der Waals surface area (Å²) in [6.45, 7) is 3.16. The first-order valence-electron chi connectivity index (χ1n) is 5.87. The minimum Gasteiger partial charge on any atom is -0.342 e. The number of rotatable bonds is 4. The van der Waals surface area contributed by atoms with Crippen LogP contribution in [0.4, 0.5) is 0 Å². The molecule has 2 rings (SSSR count). The van der Waals surface area contributed by atoms with E-state index < -0.39 is 0 Å². The Bertz CT molecular complexity index is 318. The van der Waals surface area contributed by atoms with E-state index in [1.54, 1.807) is 11.3 Å². The smallest absolute Gasteiger partial charge is 0.236 e. The second-order valence-electron chi connectivity index (χ2n) is 4.12. The van der Waals surface area contributed by atoms with Gasteiger partial charge in [0.05, 0.1) is 6.54 Å². The van der Waals surface area contributed by atoms with Crippen LogP contribution in [0.25, 0.3) is 0 Å². The number of hydrogen-bond acceptors (Lipinski definition) is 3. The third-order valence-electron chi connectivity index (χ3n) is 2.86. The van der Waals surface area contributed by atoms with E-state index >= 15 is 0 Å². The number of piperidine rings is 1. The maximum atomic E-state index is 11.8. The van der Waals surface area contributed by atoms with E-state index in [0.29, 0.717) is 6.54 Å². The first-order chi connectivity index (χ1) is 7.86. The van der Waals surface area contributed by atoms with Crippen LogP contribution in [0.3, 0.4) is 0 Å². The molecule has 0 radical (unpaired) electrons. The van der Waals surface area contributed by atoms with Crippen LogP contribution >= 0.6 is 11.3 Å². The fraction of sp³-hybridized carbons (Fsp3) is 0.583. The van der Waals surface area contributed by atoms with E-state index in [-0.39, 0.29) is 5.91 Å². The zero-order valence-electron chi connectivity index (χ0n) is 9.45. The van der Waals surface area contributed by atoms with Crippen molar-refractivity contribution in [1.29, 1.82) is 0 Å². The van der Waals surface area contributed by atoms with E-state index in [1.807, 2.05) is 11.0 Å². The summed E-state index contributed by atoms with van der Waals surface area (Å²) in [5.74, 6) is 0.247. The molecule has 0 bridgehead atoms.